The Morgan fingerprint density at radius 3 is 2.80 bits per heavy atom. The number of imidazole rings is 1. The van der Waals surface area contributed by atoms with Crippen LogP contribution in [0.5, 0.6) is 11.6 Å². The molecule has 0 saturated carbocycles. The number of nitrogens with zero attached hydrogens (tertiary/aromatic N) is 2. The summed E-state index contributed by atoms with van der Waals surface area (Å²) in [4.78, 5) is 5.31. The van der Waals surface area contributed by atoms with Crippen LogP contribution in [-0.4, -0.2) is 21.1 Å². The van der Waals surface area contributed by atoms with Gasteiger partial charge in [-0.05, 0) is 24.1 Å². The summed E-state index contributed by atoms with van der Waals surface area (Å²) in [5, 5.41) is 10.9. The highest BCUT2D eigenvalue weighted by Gasteiger charge is 2.13. The molecule has 0 bridgehead atoms. The lowest BCUT2D eigenvalue weighted by molar-refractivity contribution is 0.299. The molecule has 3 aromatic rings. The molecule has 0 aliphatic heterocycles. The second kappa shape index (κ2) is 5.62. The molecule has 3 rings (SSSR count). The first-order valence-corrected chi connectivity index (χ1v) is 7.22. The molecule has 104 valence electrons. The maximum absolute atomic E-state index is 8.89. The van der Waals surface area contributed by atoms with Crippen LogP contribution in [0.3, 0.4) is 0 Å². The number of fused-ring (bicyclic) bond motifs is 1. The van der Waals surface area contributed by atoms with Crippen molar-refractivity contribution in [3.05, 3.63) is 47.1 Å². The van der Waals surface area contributed by atoms with Crippen LogP contribution in [0.4, 0.5) is 0 Å². The van der Waals surface area contributed by atoms with E-state index < -0.39 is 0 Å². The van der Waals surface area contributed by atoms with Gasteiger partial charge < -0.3 is 15.6 Å². The van der Waals surface area contributed by atoms with Crippen molar-refractivity contribution in [2.24, 2.45) is 5.73 Å². The molecule has 20 heavy (non-hydrogen) atoms. The third-order valence-corrected chi connectivity index (χ3v) is 3.81. The zero-order valence-electron chi connectivity index (χ0n) is 10.8. The third kappa shape index (κ3) is 2.40. The lowest BCUT2D eigenvalue weighted by atomic mass is 10.1. The van der Waals surface area contributed by atoms with Crippen molar-refractivity contribution in [2.45, 2.75) is 13.0 Å². The van der Waals surface area contributed by atoms with E-state index in [2.05, 4.69) is 4.98 Å². The Bertz CT molecular complexity index is 703. The van der Waals surface area contributed by atoms with Crippen molar-refractivity contribution in [1.29, 1.82) is 0 Å². The Kier molecular flexibility index (Phi) is 3.68. The van der Waals surface area contributed by atoms with Gasteiger partial charge in [0.15, 0.2) is 4.96 Å². The van der Waals surface area contributed by atoms with E-state index in [0.29, 0.717) is 24.6 Å². The van der Waals surface area contributed by atoms with Crippen molar-refractivity contribution in [3.63, 3.8) is 0 Å². The SMILES string of the molecule is NCc1c(Oc2ccc(CCO)cc2)nc2sccn12. The summed E-state index contributed by atoms with van der Waals surface area (Å²) in [5.74, 6) is 1.27. The minimum atomic E-state index is 0.148. The minimum absolute atomic E-state index is 0.148. The number of rotatable bonds is 5. The molecule has 0 aliphatic rings. The molecule has 0 unspecified atom stereocenters. The van der Waals surface area contributed by atoms with Crippen LogP contribution in [-0.2, 0) is 13.0 Å². The number of thiazole rings is 1. The molecule has 2 aromatic heterocycles. The fourth-order valence-electron chi connectivity index (χ4n) is 2.05. The number of aliphatic hydroxyl groups is 1. The van der Waals surface area contributed by atoms with Gasteiger partial charge in [0.25, 0.3) is 0 Å². The summed E-state index contributed by atoms with van der Waals surface area (Å²) >= 11 is 1.55. The smallest absolute Gasteiger partial charge is 0.243 e. The molecular formula is C14H15N3O2S. The molecule has 0 amide bonds. The summed E-state index contributed by atoms with van der Waals surface area (Å²) in [6.45, 7) is 0.519. The van der Waals surface area contributed by atoms with Crippen LogP contribution < -0.4 is 10.5 Å². The quantitative estimate of drug-likeness (QED) is 0.755. The zero-order chi connectivity index (χ0) is 13.9. The normalized spacial score (nSPS) is 11.1. The molecule has 3 N–H and O–H groups in total. The molecular weight excluding hydrogens is 274 g/mol. The highest BCUT2D eigenvalue weighted by Crippen LogP contribution is 2.27. The van der Waals surface area contributed by atoms with E-state index in [1.54, 1.807) is 11.3 Å². The Morgan fingerprint density at radius 1 is 1.30 bits per heavy atom. The average molecular weight is 289 g/mol. The predicted molar refractivity (Wildman–Crippen MR) is 78.3 cm³/mol. The molecule has 0 radical (unpaired) electrons. The number of aromatic nitrogens is 2. The van der Waals surface area contributed by atoms with Gasteiger partial charge in [-0.2, -0.15) is 4.98 Å². The highest BCUT2D eigenvalue weighted by molar-refractivity contribution is 7.15. The molecule has 0 aliphatic carbocycles. The van der Waals surface area contributed by atoms with E-state index in [1.807, 2.05) is 40.2 Å². The van der Waals surface area contributed by atoms with Gasteiger partial charge in [-0.25, -0.2) is 0 Å². The predicted octanol–water partition coefficient (Wildman–Crippen LogP) is 2.18. The molecule has 0 spiro atoms. The van der Waals surface area contributed by atoms with Gasteiger partial charge >= 0.3 is 0 Å². The van der Waals surface area contributed by atoms with Crippen molar-refractivity contribution in [2.75, 3.05) is 6.61 Å². The molecule has 0 fully saturated rings. The number of benzene rings is 1. The van der Waals surface area contributed by atoms with Gasteiger partial charge in [-0.1, -0.05) is 12.1 Å². The number of ether oxygens (including phenoxy) is 1. The molecule has 2 heterocycles. The van der Waals surface area contributed by atoms with Gasteiger partial charge in [-0.3, -0.25) is 4.40 Å². The van der Waals surface area contributed by atoms with Crippen LogP contribution in [0, 0.1) is 0 Å². The van der Waals surface area contributed by atoms with Crippen LogP contribution in [0.15, 0.2) is 35.8 Å². The van der Waals surface area contributed by atoms with Crippen LogP contribution >= 0.6 is 11.3 Å². The topological polar surface area (TPSA) is 72.8 Å². The first-order chi connectivity index (χ1) is 9.81. The number of hydrogen-bond donors (Lipinski definition) is 2. The second-order valence-electron chi connectivity index (χ2n) is 4.34. The largest absolute Gasteiger partial charge is 0.437 e. The molecule has 6 heteroatoms. The van der Waals surface area contributed by atoms with E-state index in [4.69, 9.17) is 15.6 Å². The van der Waals surface area contributed by atoms with Crippen LogP contribution in [0.1, 0.15) is 11.3 Å². The molecule has 5 nitrogen and oxygen atoms in total. The lowest BCUT2D eigenvalue weighted by Gasteiger charge is -2.05. The fraction of sp³-hybridized carbons (Fsp3) is 0.214. The maximum atomic E-state index is 8.89. The lowest BCUT2D eigenvalue weighted by Crippen LogP contribution is -2.01. The second-order valence-corrected chi connectivity index (χ2v) is 5.22. The van der Waals surface area contributed by atoms with Gasteiger partial charge in [0, 0.05) is 24.7 Å². The van der Waals surface area contributed by atoms with Gasteiger partial charge in [-0.15, -0.1) is 11.3 Å². The van der Waals surface area contributed by atoms with Crippen molar-refractivity contribution < 1.29 is 9.84 Å². The molecule has 1 aromatic carbocycles. The summed E-state index contributed by atoms with van der Waals surface area (Å²) in [6.07, 6.45) is 2.58. The van der Waals surface area contributed by atoms with Crippen molar-refractivity contribution in [1.82, 2.24) is 9.38 Å². The standard InChI is InChI=1S/C14H15N3O2S/c15-9-12-13(16-14-17(12)6-8-20-14)19-11-3-1-10(2-4-11)5-7-18/h1-4,6,8,18H,5,7,9,15H2. The Morgan fingerprint density at radius 2 is 2.10 bits per heavy atom. The first kappa shape index (κ1) is 13.1. The Labute approximate surface area is 120 Å². The van der Waals surface area contributed by atoms with Crippen LogP contribution in [0.25, 0.3) is 4.96 Å². The number of hydrogen-bond acceptors (Lipinski definition) is 5. The van der Waals surface area contributed by atoms with Gasteiger partial charge in [0.05, 0.1) is 0 Å². The summed E-state index contributed by atoms with van der Waals surface area (Å²) in [7, 11) is 0. The zero-order valence-corrected chi connectivity index (χ0v) is 11.6. The van der Waals surface area contributed by atoms with Crippen molar-refractivity contribution >= 4 is 16.3 Å². The van der Waals surface area contributed by atoms with E-state index in [0.717, 1.165) is 16.2 Å². The van der Waals surface area contributed by atoms with E-state index in [-0.39, 0.29) is 6.61 Å². The third-order valence-electron chi connectivity index (χ3n) is 3.06. The summed E-state index contributed by atoms with van der Waals surface area (Å²) in [5.41, 5.74) is 7.71. The minimum Gasteiger partial charge on any atom is -0.437 e. The first-order valence-electron chi connectivity index (χ1n) is 6.34. The van der Waals surface area contributed by atoms with Gasteiger partial charge in [0.2, 0.25) is 5.88 Å². The summed E-state index contributed by atoms with van der Waals surface area (Å²) < 4.78 is 7.75. The van der Waals surface area contributed by atoms with Crippen molar-refractivity contribution in [3.8, 4) is 11.6 Å². The summed E-state index contributed by atoms with van der Waals surface area (Å²) in [6, 6.07) is 7.62. The monoisotopic (exact) mass is 289 g/mol. The van der Waals surface area contributed by atoms with E-state index in [9.17, 15) is 0 Å². The average Bonchev–Trinajstić information content (AvgIpc) is 3.01. The Hall–Kier alpha value is -1.89. The number of aliphatic hydroxyl groups excluding tert-OH is 1. The fourth-order valence-corrected chi connectivity index (χ4v) is 2.77. The number of nitrogens with two attached hydrogens (primary N) is 1. The van der Waals surface area contributed by atoms with Gasteiger partial charge in [0.1, 0.15) is 11.4 Å². The van der Waals surface area contributed by atoms with Crippen LogP contribution in [0.2, 0.25) is 0 Å². The molecule has 0 atom stereocenters. The maximum Gasteiger partial charge on any atom is 0.243 e. The Balaban J connectivity index is 1.86. The molecule has 0 saturated heterocycles. The van der Waals surface area contributed by atoms with E-state index >= 15 is 0 Å². The highest BCUT2D eigenvalue weighted by atomic mass is 32.1. The van der Waals surface area contributed by atoms with E-state index in [1.165, 1.54) is 0 Å².